The van der Waals surface area contributed by atoms with Gasteiger partial charge in [-0.1, -0.05) is 29.8 Å². The molecule has 4 nitrogen and oxygen atoms in total. The van der Waals surface area contributed by atoms with E-state index in [4.69, 9.17) is 0 Å². The van der Waals surface area contributed by atoms with Crippen LogP contribution in [0.3, 0.4) is 0 Å². The Morgan fingerprint density at radius 1 is 1.38 bits per heavy atom. The van der Waals surface area contributed by atoms with Gasteiger partial charge in [0.25, 0.3) is 5.91 Å². The molecule has 110 valence electrons. The van der Waals surface area contributed by atoms with E-state index >= 15 is 0 Å². The molecule has 1 heterocycles. The van der Waals surface area contributed by atoms with Gasteiger partial charge in [0.05, 0.1) is 5.56 Å². The standard InChI is InChI=1S/C16H18FN3O/c1-11-5-4-6-12(9-11)10-20(3)16(21)13-7-8-19-15(18-2)14(13)17/h4-9H,10H2,1-3H3,(H,18,19). The molecule has 1 aromatic carbocycles. The lowest BCUT2D eigenvalue weighted by Gasteiger charge is -2.18. The molecular weight excluding hydrogens is 269 g/mol. The predicted molar refractivity (Wildman–Crippen MR) is 80.7 cm³/mol. The number of benzene rings is 1. The number of nitrogens with zero attached hydrogens (tertiary/aromatic N) is 2. The molecule has 0 saturated carbocycles. The number of aryl methyl sites for hydroxylation is 1. The highest BCUT2D eigenvalue weighted by molar-refractivity contribution is 5.95. The number of halogens is 1. The fraction of sp³-hybridized carbons (Fsp3) is 0.250. The minimum absolute atomic E-state index is 0.0181. The first-order valence-corrected chi connectivity index (χ1v) is 6.66. The molecule has 0 aliphatic rings. The molecule has 1 amide bonds. The summed E-state index contributed by atoms with van der Waals surface area (Å²) >= 11 is 0. The Morgan fingerprint density at radius 3 is 2.81 bits per heavy atom. The van der Waals surface area contributed by atoms with Gasteiger partial charge >= 0.3 is 0 Å². The number of carbonyl (C=O) groups is 1. The molecule has 0 atom stereocenters. The first-order chi connectivity index (χ1) is 10.0. The van der Waals surface area contributed by atoms with Crippen molar-refractivity contribution < 1.29 is 9.18 Å². The van der Waals surface area contributed by atoms with Gasteiger partial charge in [-0.25, -0.2) is 9.37 Å². The number of anilines is 1. The molecule has 5 heteroatoms. The fourth-order valence-electron chi connectivity index (χ4n) is 2.14. The molecule has 0 fully saturated rings. The molecule has 0 saturated heterocycles. The lowest BCUT2D eigenvalue weighted by molar-refractivity contribution is 0.0780. The third-order valence-corrected chi connectivity index (χ3v) is 3.21. The minimum atomic E-state index is -0.624. The van der Waals surface area contributed by atoms with Crippen molar-refractivity contribution in [1.29, 1.82) is 0 Å². The largest absolute Gasteiger partial charge is 0.371 e. The molecule has 21 heavy (non-hydrogen) atoms. The summed E-state index contributed by atoms with van der Waals surface area (Å²) in [5, 5.41) is 2.63. The molecule has 0 unspecified atom stereocenters. The average Bonchev–Trinajstić information content (AvgIpc) is 2.47. The SMILES string of the molecule is CNc1nccc(C(=O)N(C)Cc2cccc(C)c2)c1F. The summed E-state index contributed by atoms with van der Waals surface area (Å²) in [5.74, 6) is -0.918. The van der Waals surface area contributed by atoms with Crippen molar-refractivity contribution in [2.24, 2.45) is 0 Å². The summed E-state index contributed by atoms with van der Waals surface area (Å²) < 4.78 is 14.1. The van der Waals surface area contributed by atoms with E-state index in [1.165, 1.54) is 17.2 Å². The van der Waals surface area contributed by atoms with Crippen molar-refractivity contribution in [3.63, 3.8) is 0 Å². The number of hydrogen-bond acceptors (Lipinski definition) is 3. The molecule has 2 aromatic rings. The van der Waals surface area contributed by atoms with E-state index in [9.17, 15) is 9.18 Å². The van der Waals surface area contributed by atoms with Crippen LogP contribution in [0, 0.1) is 12.7 Å². The maximum atomic E-state index is 14.1. The topological polar surface area (TPSA) is 45.2 Å². The molecule has 1 N–H and O–H groups in total. The summed E-state index contributed by atoms with van der Waals surface area (Å²) in [6.45, 7) is 2.42. The van der Waals surface area contributed by atoms with E-state index < -0.39 is 5.82 Å². The van der Waals surface area contributed by atoms with E-state index in [0.29, 0.717) is 6.54 Å². The zero-order valence-electron chi connectivity index (χ0n) is 12.4. The summed E-state index contributed by atoms with van der Waals surface area (Å²) in [6.07, 6.45) is 1.42. The summed E-state index contributed by atoms with van der Waals surface area (Å²) in [5.41, 5.74) is 2.15. The second kappa shape index (κ2) is 6.35. The fourth-order valence-corrected chi connectivity index (χ4v) is 2.14. The van der Waals surface area contributed by atoms with Gasteiger partial charge in [0.15, 0.2) is 11.6 Å². The second-order valence-corrected chi connectivity index (χ2v) is 4.92. The minimum Gasteiger partial charge on any atom is -0.371 e. The van der Waals surface area contributed by atoms with Crippen LogP contribution in [0.1, 0.15) is 21.5 Å². The Morgan fingerprint density at radius 2 is 2.14 bits per heavy atom. The zero-order valence-corrected chi connectivity index (χ0v) is 12.4. The Hall–Kier alpha value is -2.43. The summed E-state index contributed by atoms with van der Waals surface area (Å²) in [4.78, 5) is 17.7. The number of rotatable bonds is 4. The van der Waals surface area contributed by atoms with Crippen molar-refractivity contribution in [3.8, 4) is 0 Å². The van der Waals surface area contributed by atoms with E-state index in [1.54, 1.807) is 14.1 Å². The smallest absolute Gasteiger partial charge is 0.257 e. The van der Waals surface area contributed by atoms with Gasteiger partial charge in [-0.05, 0) is 18.6 Å². The molecule has 0 bridgehead atoms. The number of aromatic nitrogens is 1. The lowest BCUT2D eigenvalue weighted by atomic mass is 10.1. The number of carbonyl (C=O) groups excluding carboxylic acids is 1. The van der Waals surface area contributed by atoms with Gasteiger partial charge in [-0.3, -0.25) is 4.79 Å². The van der Waals surface area contributed by atoms with E-state index in [1.807, 2.05) is 31.2 Å². The Labute approximate surface area is 123 Å². The molecule has 1 aromatic heterocycles. The predicted octanol–water partition coefficient (Wildman–Crippen LogP) is 2.84. The zero-order chi connectivity index (χ0) is 15.4. The Balaban J connectivity index is 2.20. The van der Waals surface area contributed by atoms with Crippen molar-refractivity contribution in [3.05, 3.63) is 59.0 Å². The van der Waals surface area contributed by atoms with Gasteiger partial charge < -0.3 is 10.2 Å². The maximum Gasteiger partial charge on any atom is 0.257 e. The molecule has 0 spiro atoms. The monoisotopic (exact) mass is 287 g/mol. The van der Waals surface area contributed by atoms with Crippen molar-refractivity contribution in [2.75, 3.05) is 19.4 Å². The van der Waals surface area contributed by atoms with Gasteiger partial charge in [0.2, 0.25) is 0 Å². The van der Waals surface area contributed by atoms with Crippen LogP contribution in [0.15, 0.2) is 36.5 Å². The summed E-state index contributed by atoms with van der Waals surface area (Å²) in [7, 11) is 3.22. The van der Waals surface area contributed by atoms with Crippen LogP contribution in [0.25, 0.3) is 0 Å². The molecule has 0 aliphatic heterocycles. The van der Waals surface area contributed by atoms with Crippen molar-refractivity contribution in [1.82, 2.24) is 9.88 Å². The van der Waals surface area contributed by atoms with Crippen LogP contribution in [-0.4, -0.2) is 29.9 Å². The van der Waals surface area contributed by atoms with Crippen LogP contribution in [0.5, 0.6) is 0 Å². The first kappa shape index (κ1) is 15.0. The van der Waals surface area contributed by atoms with Crippen LogP contribution < -0.4 is 5.32 Å². The quantitative estimate of drug-likeness (QED) is 0.940. The Bertz CT molecular complexity index is 658. The van der Waals surface area contributed by atoms with Crippen molar-refractivity contribution >= 4 is 11.7 Å². The third kappa shape index (κ3) is 3.37. The van der Waals surface area contributed by atoms with E-state index in [0.717, 1.165) is 11.1 Å². The molecule has 0 radical (unpaired) electrons. The highest BCUT2D eigenvalue weighted by atomic mass is 19.1. The van der Waals surface area contributed by atoms with Crippen LogP contribution in [0.4, 0.5) is 10.2 Å². The molecule has 0 aliphatic carbocycles. The number of nitrogens with one attached hydrogen (secondary N) is 1. The second-order valence-electron chi connectivity index (χ2n) is 4.92. The van der Waals surface area contributed by atoms with Crippen molar-refractivity contribution in [2.45, 2.75) is 13.5 Å². The third-order valence-electron chi connectivity index (χ3n) is 3.21. The normalized spacial score (nSPS) is 10.3. The number of pyridine rings is 1. The van der Waals surface area contributed by atoms with Gasteiger partial charge in [-0.2, -0.15) is 0 Å². The van der Waals surface area contributed by atoms with Crippen LogP contribution in [0.2, 0.25) is 0 Å². The molecule has 2 rings (SSSR count). The van der Waals surface area contributed by atoms with E-state index in [-0.39, 0.29) is 17.3 Å². The van der Waals surface area contributed by atoms with Gasteiger partial charge in [0, 0.05) is 26.8 Å². The molecular formula is C16H18FN3O. The lowest BCUT2D eigenvalue weighted by Crippen LogP contribution is -2.27. The van der Waals surface area contributed by atoms with Crippen LogP contribution >= 0.6 is 0 Å². The van der Waals surface area contributed by atoms with Gasteiger partial charge in [-0.15, -0.1) is 0 Å². The number of amides is 1. The van der Waals surface area contributed by atoms with Gasteiger partial charge in [0.1, 0.15) is 0 Å². The van der Waals surface area contributed by atoms with E-state index in [2.05, 4.69) is 10.3 Å². The average molecular weight is 287 g/mol. The first-order valence-electron chi connectivity index (χ1n) is 6.66. The number of hydrogen-bond donors (Lipinski definition) is 1. The highest BCUT2D eigenvalue weighted by Gasteiger charge is 2.19. The Kier molecular flexibility index (Phi) is 4.52. The van der Waals surface area contributed by atoms with Crippen LogP contribution in [-0.2, 0) is 6.54 Å². The highest BCUT2D eigenvalue weighted by Crippen LogP contribution is 2.17. The maximum absolute atomic E-state index is 14.1. The summed E-state index contributed by atoms with van der Waals surface area (Å²) in [6, 6.07) is 9.28.